The van der Waals surface area contributed by atoms with Crippen molar-refractivity contribution in [3.05, 3.63) is 27.7 Å². The number of amides is 1. The van der Waals surface area contributed by atoms with Gasteiger partial charge in [0, 0.05) is 36.0 Å². The number of aromatic amines is 1. The van der Waals surface area contributed by atoms with E-state index < -0.39 is 29.1 Å². The fourth-order valence-corrected chi connectivity index (χ4v) is 4.48. The van der Waals surface area contributed by atoms with Gasteiger partial charge < -0.3 is 10.0 Å². The Morgan fingerprint density at radius 1 is 1.24 bits per heavy atom. The molecule has 1 atom stereocenters. The van der Waals surface area contributed by atoms with Crippen LogP contribution in [0, 0.1) is 6.92 Å². The molecular weight excluding hydrogens is 407 g/mol. The Labute approximate surface area is 169 Å². The first-order valence-corrected chi connectivity index (χ1v) is 10.5. The zero-order valence-electron chi connectivity index (χ0n) is 15.9. The highest BCUT2D eigenvalue weighted by Crippen LogP contribution is 2.43. The van der Waals surface area contributed by atoms with Gasteiger partial charge >= 0.3 is 6.18 Å². The highest BCUT2D eigenvalue weighted by atomic mass is 32.1. The molecule has 1 saturated carbocycles. The van der Waals surface area contributed by atoms with E-state index in [1.54, 1.807) is 6.92 Å². The Balaban J connectivity index is 1.40. The molecule has 7 nitrogen and oxygen atoms in total. The van der Waals surface area contributed by atoms with Gasteiger partial charge in [0.2, 0.25) is 11.5 Å². The van der Waals surface area contributed by atoms with Crippen LogP contribution in [0.4, 0.5) is 13.2 Å². The molecule has 2 aliphatic rings. The van der Waals surface area contributed by atoms with E-state index in [1.165, 1.54) is 10.3 Å². The average Bonchev–Trinajstić information content (AvgIpc) is 3.23. The van der Waals surface area contributed by atoms with E-state index in [4.69, 9.17) is 0 Å². The molecule has 3 heterocycles. The topological polar surface area (TPSA) is 95.0 Å². The fourth-order valence-electron chi connectivity index (χ4n) is 3.57. The summed E-state index contributed by atoms with van der Waals surface area (Å²) in [4.78, 5) is 22.3. The van der Waals surface area contributed by atoms with Gasteiger partial charge in [0.25, 0.3) is 0 Å². The highest BCUT2D eigenvalue weighted by molar-refractivity contribution is 7.09. The van der Waals surface area contributed by atoms with Crippen molar-refractivity contribution in [3.8, 4) is 0 Å². The van der Waals surface area contributed by atoms with Gasteiger partial charge in [0.05, 0.1) is 6.42 Å². The van der Waals surface area contributed by atoms with Crippen molar-refractivity contribution in [3.63, 3.8) is 0 Å². The van der Waals surface area contributed by atoms with Crippen molar-refractivity contribution < 1.29 is 23.1 Å². The van der Waals surface area contributed by atoms with Gasteiger partial charge in [-0.25, -0.2) is 9.97 Å². The Morgan fingerprint density at radius 3 is 2.48 bits per heavy atom. The lowest BCUT2D eigenvalue weighted by molar-refractivity contribution is -0.268. The molecular formula is C18H22F3N5O2S. The van der Waals surface area contributed by atoms with E-state index in [9.17, 15) is 23.1 Å². The number of carbonyl (C=O) groups is 1. The first-order chi connectivity index (χ1) is 13.7. The molecule has 1 aliphatic heterocycles. The molecule has 1 saturated heterocycles. The lowest BCUT2D eigenvalue weighted by Crippen LogP contribution is -2.48. The maximum Gasteiger partial charge on any atom is 0.424 e. The summed E-state index contributed by atoms with van der Waals surface area (Å²) in [6, 6.07) is 0. The van der Waals surface area contributed by atoms with Gasteiger partial charge in [0.15, 0.2) is 5.82 Å². The Hall–Kier alpha value is -2.01. The second-order valence-electron chi connectivity index (χ2n) is 7.84. The van der Waals surface area contributed by atoms with Crippen molar-refractivity contribution in [2.24, 2.45) is 0 Å². The summed E-state index contributed by atoms with van der Waals surface area (Å²) in [6.07, 6.45) is -2.68. The SMILES string of the molecule is Cc1csc(C(O)(CC(=O)N2CCC(c3nc(C4CC4)n[nH]3)CC2)C(F)(F)F)n1. The maximum absolute atomic E-state index is 13.6. The maximum atomic E-state index is 13.6. The van der Waals surface area contributed by atoms with Gasteiger partial charge in [-0.05, 0) is 32.6 Å². The molecule has 1 aliphatic carbocycles. The number of alkyl halides is 3. The van der Waals surface area contributed by atoms with Crippen LogP contribution in [0.2, 0.25) is 0 Å². The molecule has 1 unspecified atom stereocenters. The summed E-state index contributed by atoms with van der Waals surface area (Å²) < 4.78 is 40.8. The van der Waals surface area contributed by atoms with Crippen LogP contribution >= 0.6 is 11.3 Å². The number of carbonyl (C=O) groups excluding carboxylic acids is 1. The zero-order valence-corrected chi connectivity index (χ0v) is 16.7. The van der Waals surface area contributed by atoms with Gasteiger partial charge in [0.1, 0.15) is 10.8 Å². The normalized spacial score (nSPS) is 20.7. The summed E-state index contributed by atoms with van der Waals surface area (Å²) in [5.41, 5.74) is -2.90. The average molecular weight is 429 g/mol. The third kappa shape index (κ3) is 4.02. The molecule has 158 valence electrons. The number of aromatic nitrogens is 4. The van der Waals surface area contributed by atoms with Crippen LogP contribution in [0.15, 0.2) is 5.38 Å². The number of hydrogen-bond donors (Lipinski definition) is 2. The molecule has 2 N–H and O–H groups in total. The fraction of sp³-hybridized carbons (Fsp3) is 0.667. The first-order valence-electron chi connectivity index (χ1n) is 9.59. The number of aliphatic hydroxyl groups is 1. The number of halogens is 3. The van der Waals surface area contributed by atoms with Gasteiger partial charge in [-0.3, -0.25) is 9.89 Å². The molecule has 0 aromatic carbocycles. The molecule has 0 bridgehead atoms. The van der Waals surface area contributed by atoms with Crippen LogP contribution in [0.1, 0.15) is 66.3 Å². The van der Waals surface area contributed by atoms with Crippen LogP contribution in [0.25, 0.3) is 0 Å². The molecule has 2 aromatic heterocycles. The lowest BCUT2D eigenvalue weighted by Gasteiger charge is -2.34. The molecule has 29 heavy (non-hydrogen) atoms. The minimum Gasteiger partial charge on any atom is -0.374 e. The van der Waals surface area contributed by atoms with Crippen LogP contribution in [-0.2, 0) is 10.4 Å². The Kier molecular flexibility index (Phi) is 5.14. The van der Waals surface area contributed by atoms with Gasteiger partial charge in [-0.15, -0.1) is 11.3 Å². The van der Waals surface area contributed by atoms with E-state index in [0.29, 0.717) is 48.9 Å². The number of H-pyrrole nitrogens is 1. The van der Waals surface area contributed by atoms with E-state index >= 15 is 0 Å². The van der Waals surface area contributed by atoms with Crippen LogP contribution < -0.4 is 0 Å². The summed E-state index contributed by atoms with van der Waals surface area (Å²) in [5, 5.41) is 18.5. The Morgan fingerprint density at radius 2 is 1.93 bits per heavy atom. The minimum absolute atomic E-state index is 0.0992. The van der Waals surface area contributed by atoms with E-state index in [1.807, 2.05) is 0 Å². The second kappa shape index (κ2) is 7.35. The van der Waals surface area contributed by atoms with Gasteiger partial charge in [-0.1, -0.05) is 0 Å². The van der Waals surface area contributed by atoms with Crippen molar-refractivity contribution >= 4 is 17.2 Å². The van der Waals surface area contributed by atoms with Crippen molar-refractivity contribution in [1.29, 1.82) is 0 Å². The van der Waals surface area contributed by atoms with Crippen molar-refractivity contribution in [1.82, 2.24) is 25.1 Å². The highest BCUT2D eigenvalue weighted by Gasteiger charge is 2.58. The number of hydrogen-bond acceptors (Lipinski definition) is 6. The Bertz CT molecular complexity index is 886. The third-order valence-electron chi connectivity index (χ3n) is 5.55. The van der Waals surface area contributed by atoms with Gasteiger partial charge in [-0.2, -0.15) is 18.3 Å². The van der Waals surface area contributed by atoms with Crippen molar-refractivity contribution in [2.75, 3.05) is 13.1 Å². The monoisotopic (exact) mass is 429 g/mol. The quantitative estimate of drug-likeness (QED) is 0.762. The molecule has 4 rings (SSSR count). The van der Waals surface area contributed by atoms with E-state index in [2.05, 4.69) is 20.2 Å². The number of piperidine rings is 1. The van der Waals surface area contributed by atoms with E-state index in [0.717, 1.165) is 24.5 Å². The number of thiazole rings is 1. The number of rotatable bonds is 5. The second-order valence-corrected chi connectivity index (χ2v) is 8.70. The van der Waals surface area contributed by atoms with Crippen LogP contribution in [-0.4, -0.2) is 55.3 Å². The lowest BCUT2D eigenvalue weighted by atomic mass is 9.94. The van der Waals surface area contributed by atoms with E-state index in [-0.39, 0.29) is 5.92 Å². The van der Waals surface area contributed by atoms with Crippen molar-refractivity contribution in [2.45, 2.75) is 62.6 Å². The molecule has 0 spiro atoms. The standard InChI is InChI=1S/C18H22F3N5O2S/c1-10-9-29-16(22-10)17(28,18(19,20)21)8-13(27)26-6-4-12(5-7-26)15-23-14(24-25-15)11-2-3-11/h9,11-12,28H,2-8H2,1H3,(H,23,24,25). The first kappa shape index (κ1) is 20.3. The largest absolute Gasteiger partial charge is 0.424 e. The number of nitrogens with zero attached hydrogens (tertiary/aromatic N) is 4. The smallest absolute Gasteiger partial charge is 0.374 e. The molecule has 1 amide bonds. The predicted molar refractivity (Wildman–Crippen MR) is 98.3 cm³/mol. The number of likely N-dealkylation sites (tertiary alicyclic amines) is 1. The number of aryl methyl sites for hydroxylation is 1. The zero-order chi connectivity index (χ0) is 20.8. The summed E-state index contributed by atoms with van der Waals surface area (Å²) in [6.45, 7) is 2.17. The molecule has 0 radical (unpaired) electrons. The molecule has 2 aromatic rings. The number of nitrogens with one attached hydrogen (secondary N) is 1. The molecule has 11 heteroatoms. The predicted octanol–water partition coefficient (Wildman–Crippen LogP) is 2.99. The third-order valence-corrected chi connectivity index (χ3v) is 6.66. The summed E-state index contributed by atoms with van der Waals surface area (Å²) >= 11 is 0.708. The molecule has 2 fully saturated rings. The summed E-state index contributed by atoms with van der Waals surface area (Å²) in [7, 11) is 0. The minimum atomic E-state index is -5.00. The summed E-state index contributed by atoms with van der Waals surface area (Å²) in [5.74, 6) is 1.42. The van der Waals surface area contributed by atoms with Crippen LogP contribution in [0.3, 0.4) is 0 Å². The van der Waals surface area contributed by atoms with Crippen LogP contribution in [0.5, 0.6) is 0 Å².